The maximum Gasteiger partial charge on any atom is 0.161 e. The van der Waals surface area contributed by atoms with Gasteiger partial charge in [0, 0.05) is 6.54 Å². The van der Waals surface area contributed by atoms with E-state index in [-0.39, 0.29) is 0 Å². The number of nitrogens with zero attached hydrogens (tertiary/aromatic N) is 3. The summed E-state index contributed by atoms with van der Waals surface area (Å²) in [4.78, 5) is 8.48. The molecule has 7 heteroatoms. The molecule has 2 N–H and O–H groups in total. The lowest BCUT2D eigenvalue weighted by atomic mass is 10.2. The predicted octanol–water partition coefficient (Wildman–Crippen LogP) is 2.29. The highest BCUT2D eigenvalue weighted by Gasteiger charge is 2.10. The summed E-state index contributed by atoms with van der Waals surface area (Å²) in [6, 6.07) is 5.78. The summed E-state index contributed by atoms with van der Waals surface area (Å²) in [5.41, 5.74) is 3.54. The summed E-state index contributed by atoms with van der Waals surface area (Å²) in [5.74, 6) is 2.10. The summed E-state index contributed by atoms with van der Waals surface area (Å²) in [6.07, 6.45) is 1.53. The van der Waals surface area contributed by atoms with Crippen LogP contribution < -0.4 is 14.8 Å². The minimum Gasteiger partial charge on any atom is -0.493 e. The van der Waals surface area contributed by atoms with E-state index in [9.17, 15) is 0 Å². The zero-order valence-electron chi connectivity index (χ0n) is 12.7. The van der Waals surface area contributed by atoms with Crippen molar-refractivity contribution >= 4 is 16.9 Å². The van der Waals surface area contributed by atoms with Crippen LogP contribution >= 0.6 is 0 Å². The highest BCUT2D eigenvalue weighted by molar-refractivity contribution is 5.86. The summed E-state index contributed by atoms with van der Waals surface area (Å²) in [6.45, 7) is 2.53. The van der Waals surface area contributed by atoms with Gasteiger partial charge in [0.05, 0.1) is 19.9 Å². The third kappa shape index (κ3) is 2.52. The molecule has 1 aromatic carbocycles. The van der Waals surface area contributed by atoms with Crippen LogP contribution in [-0.2, 0) is 6.54 Å². The van der Waals surface area contributed by atoms with Crippen LogP contribution in [0.5, 0.6) is 11.5 Å². The normalized spacial score (nSPS) is 10.7. The molecular formula is C15H17N5O2. The number of anilines is 1. The van der Waals surface area contributed by atoms with Crippen molar-refractivity contribution in [2.24, 2.45) is 0 Å². The van der Waals surface area contributed by atoms with E-state index in [4.69, 9.17) is 9.47 Å². The Morgan fingerprint density at radius 3 is 2.68 bits per heavy atom. The van der Waals surface area contributed by atoms with Gasteiger partial charge < -0.3 is 14.8 Å². The first-order chi connectivity index (χ1) is 10.7. The molecule has 0 unspecified atom stereocenters. The number of rotatable bonds is 5. The van der Waals surface area contributed by atoms with Gasteiger partial charge in [0.2, 0.25) is 0 Å². The second kappa shape index (κ2) is 5.88. The Labute approximate surface area is 127 Å². The molecule has 0 bridgehead atoms. The van der Waals surface area contributed by atoms with Crippen molar-refractivity contribution in [3.05, 3.63) is 35.8 Å². The number of fused-ring (bicyclic) bond motifs is 1. The van der Waals surface area contributed by atoms with Crippen molar-refractivity contribution in [3.8, 4) is 11.5 Å². The van der Waals surface area contributed by atoms with E-state index in [0.29, 0.717) is 23.9 Å². The topological polar surface area (TPSA) is 85.0 Å². The van der Waals surface area contributed by atoms with E-state index in [0.717, 1.165) is 22.3 Å². The maximum atomic E-state index is 5.31. The number of nitrogens with one attached hydrogen (secondary N) is 2. The minimum atomic E-state index is 0.596. The monoisotopic (exact) mass is 299 g/mol. The molecule has 0 radical (unpaired) electrons. The van der Waals surface area contributed by atoms with Crippen molar-refractivity contribution in [3.63, 3.8) is 0 Å². The van der Waals surface area contributed by atoms with Gasteiger partial charge in [-0.15, -0.1) is 0 Å². The molecule has 0 atom stereocenters. The summed E-state index contributed by atoms with van der Waals surface area (Å²) in [5, 5.41) is 10.4. The fourth-order valence-electron chi connectivity index (χ4n) is 2.26. The second-order valence-corrected chi connectivity index (χ2v) is 4.81. The Bertz CT molecular complexity index is 800. The van der Waals surface area contributed by atoms with E-state index in [1.165, 1.54) is 6.33 Å². The first-order valence-corrected chi connectivity index (χ1v) is 6.83. The molecule has 0 fully saturated rings. The smallest absolute Gasteiger partial charge is 0.161 e. The lowest BCUT2D eigenvalue weighted by Gasteiger charge is -2.10. The van der Waals surface area contributed by atoms with Crippen LogP contribution in [0, 0.1) is 6.92 Å². The highest BCUT2D eigenvalue weighted by atomic mass is 16.5. The lowest BCUT2D eigenvalue weighted by molar-refractivity contribution is 0.354. The van der Waals surface area contributed by atoms with E-state index in [2.05, 4.69) is 25.5 Å². The molecule has 3 aromatic rings. The first kappa shape index (κ1) is 14.1. The molecule has 0 amide bonds. The zero-order valence-corrected chi connectivity index (χ0v) is 12.7. The van der Waals surface area contributed by atoms with Gasteiger partial charge in [-0.2, -0.15) is 5.10 Å². The minimum absolute atomic E-state index is 0.596. The molecule has 3 rings (SSSR count). The number of ether oxygens (including phenoxy) is 2. The molecule has 22 heavy (non-hydrogen) atoms. The van der Waals surface area contributed by atoms with Gasteiger partial charge in [-0.25, -0.2) is 9.97 Å². The molecule has 0 aliphatic rings. The van der Waals surface area contributed by atoms with E-state index >= 15 is 0 Å². The first-order valence-electron chi connectivity index (χ1n) is 6.83. The van der Waals surface area contributed by atoms with Gasteiger partial charge in [0.25, 0.3) is 0 Å². The Kier molecular flexibility index (Phi) is 3.78. The molecule has 0 aliphatic carbocycles. The van der Waals surface area contributed by atoms with Crippen LogP contribution in [0.4, 0.5) is 5.82 Å². The van der Waals surface area contributed by atoms with Crippen LogP contribution in [-0.4, -0.2) is 34.4 Å². The maximum absolute atomic E-state index is 5.31. The van der Waals surface area contributed by atoms with Crippen molar-refractivity contribution in [2.45, 2.75) is 13.5 Å². The van der Waals surface area contributed by atoms with Crippen LogP contribution in [0.15, 0.2) is 24.5 Å². The average molecular weight is 299 g/mol. The number of aromatic nitrogens is 4. The third-order valence-electron chi connectivity index (χ3n) is 3.42. The zero-order chi connectivity index (χ0) is 15.5. The molecule has 7 nitrogen and oxygen atoms in total. The van der Waals surface area contributed by atoms with Gasteiger partial charge in [-0.1, -0.05) is 6.07 Å². The van der Waals surface area contributed by atoms with Crippen molar-refractivity contribution in [1.29, 1.82) is 0 Å². The highest BCUT2D eigenvalue weighted by Crippen LogP contribution is 2.28. The predicted molar refractivity (Wildman–Crippen MR) is 83.3 cm³/mol. The molecule has 2 heterocycles. The number of benzene rings is 1. The quantitative estimate of drug-likeness (QED) is 0.752. The van der Waals surface area contributed by atoms with E-state index < -0.39 is 0 Å². The van der Waals surface area contributed by atoms with Crippen LogP contribution in [0.1, 0.15) is 11.3 Å². The Morgan fingerprint density at radius 2 is 1.91 bits per heavy atom. The van der Waals surface area contributed by atoms with Crippen molar-refractivity contribution < 1.29 is 9.47 Å². The summed E-state index contributed by atoms with van der Waals surface area (Å²) in [7, 11) is 3.24. The fourth-order valence-corrected chi connectivity index (χ4v) is 2.26. The van der Waals surface area contributed by atoms with E-state index in [1.54, 1.807) is 14.2 Å². The molecular weight excluding hydrogens is 282 g/mol. The molecule has 0 saturated heterocycles. The summed E-state index contributed by atoms with van der Waals surface area (Å²) < 4.78 is 10.5. The van der Waals surface area contributed by atoms with Gasteiger partial charge in [-0.05, 0) is 24.6 Å². The lowest BCUT2D eigenvalue weighted by Crippen LogP contribution is -2.03. The molecule has 2 aromatic heterocycles. The van der Waals surface area contributed by atoms with Gasteiger partial charge in [-0.3, -0.25) is 5.10 Å². The van der Waals surface area contributed by atoms with Crippen molar-refractivity contribution in [2.75, 3.05) is 19.5 Å². The standard InChI is InChI=1S/C15H17N5O2/c1-9-13-14(20-19-9)15(18-8-17-13)16-7-10-4-5-11(21-2)12(6-10)22-3/h4-6,8H,7H2,1-3H3,(H,19,20)(H,16,17,18). The van der Waals surface area contributed by atoms with Gasteiger partial charge in [0.1, 0.15) is 11.8 Å². The number of aryl methyl sites for hydroxylation is 1. The van der Waals surface area contributed by atoms with Crippen LogP contribution in [0.2, 0.25) is 0 Å². The number of hydrogen-bond donors (Lipinski definition) is 2. The van der Waals surface area contributed by atoms with Gasteiger partial charge in [0.15, 0.2) is 22.8 Å². The van der Waals surface area contributed by atoms with Gasteiger partial charge >= 0.3 is 0 Å². The van der Waals surface area contributed by atoms with E-state index in [1.807, 2.05) is 25.1 Å². The Morgan fingerprint density at radius 1 is 1.09 bits per heavy atom. The second-order valence-electron chi connectivity index (χ2n) is 4.81. The van der Waals surface area contributed by atoms with Crippen molar-refractivity contribution in [1.82, 2.24) is 20.2 Å². The average Bonchev–Trinajstić information content (AvgIpc) is 2.94. The largest absolute Gasteiger partial charge is 0.493 e. The SMILES string of the molecule is COc1ccc(CNc2ncnc3c(C)[nH]nc23)cc1OC. The molecule has 0 aliphatic heterocycles. The number of methoxy groups -OCH3 is 2. The third-order valence-corrected chi connectivity index (χ3v) is 3.42. The Hall–Kier alpha value is -2.83. The number of hydrogen-bond acceptors (Lipinski definition) is 6. The molecule has 0 saturated carbocycles. The molecule has 114 valence electrons. The fraction of sp³-hybridized carbons (Fsp3) is 0.267. The number of H-pyrrole nitrogens is 1. The van der Waals surface area contributed by atoms with Crippen LogP contribution in [0.3, 0.4) is 0 Å². The Balaban J connectivity index is 1.82. The number of aromatic amines is 1. The van der Waals surface area contributed by atoms with Crippen LogP contribution in [0.25, 0.3) is 11.0 Å². The summed E-state index contributed by atoms with van der Waals surface area (Å²) >= 11 is 0. The molecule has 0 spiro atoms.